The Morgan fingerprint density at radius 3 is 2.92 bits per heavy atom. The number of methoxy groups -OCH3 is 1. The van der Waals surface area contributed by atoms with E-state index in [2.05, 4.69) is 10.4 Å². The maximum absolute atomic E-state index is 13.3. The van der Waals surface area contributed by atoms with Gasteiger partial charge in [0.05, 0.1) is 18.7 Å². The largest absolute Gasteiger partial charge is 0.442 e. The van der Waals surface area contributed by atoms with Gasteiger partial charge in [0.1, 0.15) is 0 Å². The molecule has 25 heavy (non-hydrogen) atoms. The average Bonchev–Trinajstić information content (AvgIpc) is 3.17. The van der Waals surface area contributed by atoms with Crippen molar-refractivity contribution in [3.63, 3.8) is 0 Å². The van der Waals surface area contributed by atoms with Gasteiger partial charge in [-0.3, -0.25) is 14.6 Å². The molecule has 2 aromatic heterocycles. The molecule has 11 heteroatoms. The summed E-state index contributed by atoms with van der Waals surface area (Å²) in [5, 5.41) is 12.1. The van der Waals surface area contributed by atoms with Crippen LogP contribution < -0.4 is 5.43 Å². The van der Waals surface area contributed by atoms with Crippen molar-refractivity contribution >= 4 is 22.2 Å². The van der Waals surface area contributed by atoms with E-state index in [1.165, 1.54) is 18.4 Å². The Labute approximate surface area is 144 Å². The number of hydrogen-bond acceptors (Lipinski definition) is 6. The van der Waals surface area contributed by atoms with E-state index in [1.54, 1.807) is 22.2 Å². The van der Waals surface area contributed by atoms with Crippen LogP contribution >= 0.6 is 11.3 Å². The van der Waals surface area contributed by atoms with Crippen LogP contribution in [-0.4, -0.2) is 51.0 Å². The van der Waals surface area contributed by atoms with E-state index >= 15 is 0 Å². The maximum atomic E-state index is 13.3. The molecule has 1 aliphatic rings. The molecular weight excluding hydrogens is 361 g/mol. The molecule has 0 unspecified atom stereocenters. The normalized spacial score (nSPS) is 20.8. The number of alkyl halides is 3. The highest BCUT2D eigenvalue weighted by Crippen LogP contribution is 2.38. The highest BCUT2D eigenvalue weighted by Gasteiger charge is 2.61. The number of carbonyl (C=O) groups is 1. The second kappa shape index (κ2) is 6.32. The molecule has 3 rings (SSSR count). The minimum Gasteiger partial charge on any atom is -0.384 e. The first-order valence-electron chi connectivity index (χ1n) is 7.25. The van der Waals surface area contributed by atoms with E-state index < -0.39 is 17.8 Å². The van der Waals surface area contributed by atoms with Crippen molar-refractivity contribution in [2.75, 3.05) is 13.7 Å². The van der Waals surface area contributed by atoms with Crippen LogP contribution in [0.25, 0.3) is 4.96 Å². The molecule has 0 aromatic carbocycles. The molecule has 1 atom stereocenters. The second-order valence-corrected chi connectivity index (χ2v) is 6.35. The number of imidazole rings is 1. The number of nitrogens with one attached hydrogen (secondary N) is 1. The summed E-state index contributed by atoms with van der Waals surface area (Å²) in [7, 11) is 1.40. The summed E-state index contributed by atoms with van der Waals surface area (Å²) in [6, 6.07) is 0. The molecule has 136 valence electrons. The number of nitrogens with zero attached hydrogens (tertiary/aromatic N) is 3. The zero-order valence-electron chi connectivity index (χ0n) is 13.1. The number of aliphatic hydroxyl groups is 1. The molecule has 2 N–H and O–H groups in total. The van der Waals surface area contributed by atoms with Gasteiger partial charge in [-0.05, 0) is 6.08 Å². The first-order chi connectivity index (χ1) is 11.7. The third-order valence-corrected chi connectivity index (χ3v) is 4.46. The van der Waals surface area contributed by atoms with Crippen molar-refractivity contribution in [2.24, 2.45) is 0 Å². The summed E-state index contributed by atoms with van der Waals surface area (Å²) < 4.78 is 46.5. The lowest BCUT2D eigenvalue weighted by molar-refractivity contribution is -0.288. The number of thiazole rings is 1. The minimum absolute atomic E-state index is 0.0563. The van der Waals surface area contributed by atoms with Crippen LogP contribution in [0.5, 0.6) is 0 Å². The third kappa shape index (κ3) is 3.22. The Balaban J connectivity index is 1.81. The second-order valence-electron chi connectivity index (χ2n) is 5.48. The van der Waals surface area contributed by atoms with Crippen molar-refractivity contribution in [2.45, 2.75) is 24.7 Å². The van der Waals surface area contributed by atoms with Gasteiger partial charge in [-0.1, -0.05) is 0 Å². The quantitative estimate of drug-likeness (QED) is 0.826. The van der Waals surface area contributed by atoms with Crippen molar-refractivity contribution in [3.05, 3.63) is 35.2 Å². The summed E-state index contributed by atoms with van der Waals surface area (Å²) in [5.41, 5.74) is -0.709. The van der Waals surface area contributed by atoms with Crippen LogP contribution in [0.2, 0.25) is 0 Å². The Kier molecular flexibility index (Phi) is 4.47. The Hall–Kier alpha value is -2.11. The molecule has 0 saturated heterocycles. The van der Waals surface area contributed by atoms with Gasteiger partial charge < -0.3 is 9.84 Å². The number of ether oxygens (including phenoxy) is 1. The van der Waals surface area contributed by atoms with E-state index in [-0.39, 0.29) is 30.2 Å². The van der Waals surface area contributed by atoms with Crippen LogP contribution in [0.15, 0.2) is 29.5 Å². The number of hydrazine groups is 1. The summed E-state index contributed by atoms with van der Waals surface area (Å²) in [4.78, 5) is 17.2. The number of fused-ring (bicyclic) bond motifs is 1. The standard InChI is InChI=1S/C14H15F3N4O3S/c1-24-4-2-9-7-13(23,14(15,16)17)21(19-9)11(22)6-10-8-20-3-5-25-12(20)18-10/h3,5,7-8,19,23H,2,4,6H2,1H3/t13-/m0/s1. The van der Waals surface area contributed by atoms with E-state index in [0.717, 1.165) is 0 Å². The van der Waals surface area contributed by atoms with Crippen LogP contribution in [-0.2, 0) is 16.0 Å². The van der Waals surface area contributed by atoms with Gasteiger partial charge in [-0.25, -0.2) is 9.99 Å². The van der Waals surface area contributed by atoms with Crippen molar-refractivity contribution in [1.82, 2.24) is 19.8 Å². The number of halogens is 3. The molecule has 0 radical (unpaired) electrons. The van der Waals surface area contributed by atoms with Crippen LogP contribution in [0.4, 0.5) is 13.2 Å². The Morgan fingerprint density at radius 1 is 1.52 bits per heavy atom. The zero-order valence-corrected chi connectivity index (χ0v) is 13.9. The molecule has 2 aromatic rings. The molecule has 0 saturated carbocycles. The fraction of sp³-hybridized carbons (Fsp3) is 0.429. The highest BCUT2D eigenvalue weighted by atomic mass is 32.1. The predicted molar refractivity (Wildman–Crippen MR) is 82.3 cm³/mol. The molecule has 7 nitrogen and oxygen atoms in total. The number of hydrogen-bond donors (Lipinski definition) is 2. The van der Waals surface area contributed by atoms with E-state index in [0.29, 0.717) is 16.7 Å². The van der Waals surface area contributed by atoms with Gasteiger partial charge in [0.25, 0.3) is 5.72 Å². The fourth-order valence-electron chi connectivity index (χ4n) is 2.47. The summed E-state index contributed by atoms with van der Waals surface area (Å²) >= 11 is 1.34. The first-order valence-corrected chi connectivity index (χ1v) is 8.13. The van der Waals surface area contributed by atoms with Crippen molar-refractivity contribution in [1.29, 1.82) is 0 Å². The number of aromatic nitrogens is 2. The average molecular weight is 376 g/mol. The topological polar surface area (TPSA) is 79.1 Å². The van der Waals surface area contributed by atoms with Crippen LogP contribution in [0, 0.1) is 0 Å². The molecule has 0 fully saturated rings. The van der Waals surface area contributed by atoms with E-state index in [9.17, 15) is 23.1 Å². The van der Waals surface area contributed by atoms with Crippen molar-refractivity contribution in [3.8, 4) is 0 Å². The molecule has 3 heterocycles. The molecule has 1 aliphatic heterocycles. The molecule has 0 aliphatic carbocycles. The third-order valence-electron chi connectivity index (χ3n) is 3.69. The lowest BCUT2D eigenvalue weighted by atomic mass is 10.1. The SMILES string of the molecule is COCCC1=C[C@](O)(C(F)(F)F)N(C(=O)Cc2cn3ccsc3n2)N1. The lowest BCUT2D eigenvalue weighted by Gasteiger charge is -2.33. The summed E-state index contributed by atoms with van der Waals surface area (Å²) in [6.07, 6.45) is -1.46. The maximum Gasteiger partial charge on any atom is 0.442 e. The van der Waals surface area contributed by atoms with Gasteiger partial charge in [-0.15, -0.1) is 11.3 Å². The predicted octanol–water partition coefficient (Wildman–Crippen LogP) is 1.46. The van der Waals surface area contributed by atoms with Gasteiger partial charge in [0, 0.05) is 37.0 Å². The lowest BCUT2D eigenvalue weighted by Crippen LogP contribution is -2.60. The van der Waals surface area contributed by atoms with Gasteiger partial charge in [0.15, 0.2) is 4.96 Å². The van der Waals surface area contributed by atoms with E-state index in [1.807, 2.05) is 0 Å². The summed E-state index contributed by atoms with van der Waals surface area (Å²) in [5.74, 6) is -0.950. The van der Waals surface area contributed by atoms with E-state index in [4.69, 9.17) is 4.74 Å². The number of rotatable bonds is 5. The van der Waals surface area contributed by atoms with Gasteiger partial charge >= 0.3 is 6.18 Å². The van der Waals surface area contributed by atoms with Gasteiger partial charge in [-0.2, -0.15) is 13.2 Å². The molecule has 0 bridgehead atoms. The zero-order chi connectivity index (χ0) is 18.2. The number of carbonyl (C=O) groups excluding carboxylic acids is 1. The van der Waals surface area contributed by atoms with Gasteiger partial charge in [0.2, 0.25) is 5.91 Å². The fourth-order valence-corrected chi connectivity index (χ4v) is 3.18. The molecular formula is C14H15F3N4O3S. The summed E-state index contributed by atoms with van der Waals surface area (Å²) in [6.45, 7) is 0.145. The Morgan fingerprint density at radius 2 is 2.28 bits per heavy atom. The molecule has 0 spiro atoms. The highest BCUT2D eigenvalue weighted by molar-refractivity contribution is 7.15. The van der Waals surface area contributed by atoms with Crippen molar-refractivity contribution < 1.29 is 27.8 Å². The number of amides is 1. The monoisotopic (exact) mass is 376 g/mol. The smallest absolute Gasteiger partial charge is 0.384 e. The minimum atomic E-state index is -5.06. The molecule has 1 amide bonds. The van der Waals surface area contributed by atoms with Crippen LogP contribution in [0.1, 0.15) is 12.1 Å². The van der Waals surface area contributed by atoms with Crippen LogP contribution in [0.3, 0.4) is 0 Å². The Bertz CT molecular complexity index is 787. The first kappa shape index (κ1) is 17.7.